The minimum Gasteiger partial charge on any atom is -0.377 e. The first-order chi connectivity index (χ1) is 7.72. The number of nitrogens with zero attached hydrogens (tertiary/aromatic N) is 1. The molecular weight excluding hydrogens is 222 g/mol. The normalized spacial score (nSPS) is 21.2. The van der Waals surface area contributed by atoms with E-state index in [9.17, 15) is 0 Å². The molecule has 0 saturated carbocycles. The first kappa shape index (κ1) is 11.7. The van der Waals surface area contributed by atoms with Crippen LogP contribution in [0.15, 0.2) is 18.2 Å². The second-order valence-electron chi connectivity index (χ2n) is 4.38. The largest absolute Gasteiger partial charge is 0.377 e. The molecule has 1 unspecified atom stereocenters. The number of ether oxygens (including phenoxy) is 1. The Labute approximate surface area is 102 Å². The van der Waals surface area contributed by atoms with Gasteiger partial charge in [-0.3, -0.25) is 0 Å². The second-order valence-corrected chi connectivity index (χ2v) is 4.65. The molecule has 0 amide bonds. The summed E-state index contributed by atoms with van der Waals surface area (Å²) in [7, 11) is 0. The Balaban J connectivity index is 2.30. The topological polar surface area (TPSA) is 12.5 Å². The van der Waals surface area contributed by atoms with E-state index in [1.807, 2.05) is 0 Å². The molecule has 1 aliphatic heterocycles. The summed E-state index contributed by atoms with van der Waals surface area (Å²) in [5, 5.41) is 0. The summed E-state index contributed by atoms with van der Waals surface area (Å²) in [6, 6.07) is 6.92. The highest BCUT2D eigenvalue weighted by molar-refractivity contribution is 6.17. The average molecular weight is 240 g/mol. The zero-order valence-electron chi connectivity index (χ0n) is 9.87. The Kier molecular flexibility index (Phi) is 3.72. The van der Waals surface area contributed by atoms with Gasteiger partial charge in [0.25, 0.3) is 0 Å². The fourth-order valence-electron chi connectivity index (χ4n) is 2.19. The van der Waals surface area contributed by atoms with Gasteiger partial charge >= 0.3 is 0 Å². The van der Waals surface area contributed by atoms with Crippen molar-refractivity contribution < 1.29 is 4.74 Å². The summed E-state index contributed by atoms with van der Waals surface area (Å²) in [5.41, 5.74) is 3.74. The Bertz CT molecular complexity index is 367. The first-order valence-corrected chi connectivity index (χ1v) is 6.25. The highest BCUT2D eigenvalue weighted by Crippen LogP contribution is 2.26. The maximum absolute atomic E-state index is 6.01. The van der Waals surface area contributed by atoms with Gasteiger partial charge in [0.05, 0.1) is 13.2 Å². The van der Waals surface area contributed by atoms with Crippen LogP contribution in [-0.4, -0.2) is 25.8 Å². The molecule has 1 fully saturated rings. The highest BCUT2D eigenvalue weighted by Gasteiger charge is 2.20. The number of morpholine rings is 1. The molecule has 0 N–H and O–H groups in total. The Morgan fingerprint density at radius 2 is 2.31 bits per heavy atom. The average Bonchev–Trinajstić information content (AvgIpc) is 2.30. The quantitative estimate of drug-likeness (QED) is 0.736. The van der Waals surface area contributed by atoms with Crippen molar-refractivity contribution in [2.75, 3.05) is 24.7 Å². The molecule has 16 heavy (non-hydrogen) atoms. The van der Waals surface area contributed by atoms with Crippen molar-refractivity contribution in [1.29, 1.82) is 0 Å². The molecule has 0 spiro atoms. The number of aryl methyl sites for hydroxylation is 1. The molecule has 2 rings (SSSR count). The van der Waals surface area contributed by atoms with E-state index in [1.165, 1.54) is 16.8 Å². The molecule has 3 heteroatoms. The van der Waals surface area contributed by atoms with E-state index in [0.717, 1.165) is 19.8 Å². The highest BCUT2D eigenvalue weighted by atomic mass is 35.5. The van der Waals surface area contributed by atoms with E-state index < -0.39 is 0 Å². The second kappa shape index (κ2) is 5.07. The lowest BCUT2D eigenvalue weighted by molar-refractivity contribution is 0.0989. The Morgan fingerprint density at radius 1 is 1.50 bits per heavy atom. The lowest BCUT2D eigenvalue weighted by Crippen LogP contribution is -2.44. The third-order valence-electron chi connectivity index (χ3n) is 3.06. The van der Waals surface area contributed by atoms with Crippen molar-refractivity contribution in [2.45, 2.75) is 25.8 Å². The van der Waals surface area contributed by atoms with Crippen molar-refractivity contribution in [2.24, 2.45) is 0 Å². The monoisotopic (exact) mass is 239 g/mol. The molecule has 88 valence electrons. The number of rotatable bonds is 2. The van der Waals surface area contributed by atoms with Crippen LogP contribution in [0.3, 0.4) is 0 Å². The van der Waals surface area contributed by atoms with Crippen molar-refractivity contribution >= 4 is 17.3 Å². The van der Waals surface area contributed by atoms with Crippen LogP contribution < -0.4 is 4.90 Å². The molecule has 1 atom stereocenters. The van der Waals surface area contributed by atoms with Gasteiger partial charge in [-0.1, -0.05) is 17.7 Å². The summed E-state index contributed by atoms with van der Waals surface area (Å²) >= 11 is 6.01. The smallest absolute Gasteiger partial charge is 0.0668 e. The standard InChI is InChI=1S/C13H18ClNO/c1-10-3-4-13(12(7-10)8-14)15-5-6-16-9-11(15)2/h3-4,7,11H,5-6,8-9H2,1-2H3. The van der Waals surface area contributed by atoms with Crippen LogP contribution in [0.2, 0.25) is 0 Å². The third-order valence-corrected chi connectivity index (χ3v) is 3.34. The van der Waals surface area contributed by atoms with E-state index in [0.29, 0.717) is 11.9 Å². The van der Waals surface area contributed by atoms with E-state index in [-0.39, 0.29) is 0 Å². The molecule has 0 aromatic heterocycles. The molecule has 2 nitrogen and oxygen atoms in total. The molecule has 1 aromatic rings. The van der Waals surface area contributed by atoms with Crippen LogP contribution in [0, 0.1) is 6.92 Å². The lowest BCUT2D eigenvalue weighted by atomic mass is 10.1. The predicted molar refractivity (Wildman–Crippen MR) is 68.4 cm³/mol. The minimum atomic E-state index is 0.429. The summed E-state index contributed by atoms with van der Waals surface area (Å²) in [4.78, 5) is 2.39. The molecule has 1 aliphatic rings. The van der Waals surface area contributed by atoms with Crippen LogP contribution in [0.25, 0.3) is 0 Å². The lowest BCUT2D eigenvalue weighted by Gasteiger charge is -2.36. The number of hydrogen-bond donors (Lipinski definition) is 0. The summed E-state index contributed by atoms with van der Waals surface area (Å²) in [6.45, 7) is 6.85. The van der Waals surface area contributed by atoms with Crippen LogP contribution >= 0.6 is 11.6 Å². The van der Waals surface area contributed by atoms with Crippen LogP contribution in [0.4, 0.5) is 5.69 Å². The SMILES string of the molecule is Cc1ccc(N2CCOCC2C)c(CCl)c1. The maximum Gasteiger partial charge on any atom is 0.0668 e. The molecular formula is C13H18ClNO. The number of anilines is 1. The van der Waals surface area contributed by atoms with Gasteiger partial charge in [-0.05, 0) is 25.5 Å². The minimum absolute atomic E-state index is 0.429. The third kappa shape index (κ3) is 2.33. The van der Waals surface area contributed by atoms with Gasteiger partial charge in [-0.25, -0.2) is 0 Å². The fraction of sp³-hybridized carbons (Fsp3) is 0.538. The predicted octanol–water partition coefficient (Wildman–Crippen LogP) is 2.96. The van der Waals surface area contributed by atoms with Gasteiger partial charge < -0.3 is 9.64 Å². The molecule has 0 bridgehead atoms. The van der Waals surface area contributed by atoms with E-state index in [2.05, 4.69) is 36.9 Å². The Morgan fingerprint density at radius 3 is 3.00 bits per heavy atom. The summed E-state index contributed by atoms with van der Waals surface area (Å²) < 4.78 is 5.46. The molecule has 1 aromatic carbocycles. The van der Waals surface area contributed by atoms with Gasteiger partial charge in [-0.2, -0.15) is 0 Å². The van der Waals surface area contributed by atoms with Gasteiger partial charge in [-0.15, -0.1) is 11.6 Å². The van der Waals surface area contributed by atoms with Crippen LogP contribution in [0.1, 0.15) is 18.1 Å². The van der Waals surface area contributed by atoms with Gasteiger partial charge in [0.15, 0.2) is 0 Å². The van der Waals surface area contributed by atoms with Gasteiger partial charge in [0, 0.05) is 24.2 Å². The molecule has 0 aliphatic carbocycles. The Hall–Kier alpha value is -0.730. The first-order valence-electron chi connectivity index (χ1n) is 5.72. The molecule has 1 heterocycles. The van der Waals surface area contributed by atoms with Crippen molar-refractivity contribution in [3.8, 4) is 0 Å². The summed E-state index contributed by atoms with van der Waals surface area (Å²) in [6.07, 6.45) is 0. The summed E-state index contributed by atoms with van der Waals surface area (Å²) in [5.74, 6) is 0.571. The fourth-order valence-corrected chi connectivity index (χ4v) is 2.40. The number of benzene rings is 1. The zero-order valence-corrected chi connectivity index (χ0v) is 10.6. The zero-order chi connectivity index (χ0) is 11.5. The van der Waals surface area contributed by atoms with Gasteiger partial charge in [0.2, 0.25) is 0 Å². The van der Waals surface area contributed by atoms with E-state index in [1.54, 1.807) is 0 Å². The van der Waals surface area contributed by atoms with E-state index >= 15 is 0 Å². The van der Waals surface area contributed by atoms with Crippen LogP contribution in [-0.2, 0) is 10.6 Å². The van der Waals surface area contributed by atoms with Gasteiger partial charge in [0.1, 0.15) is 0 Å². The number of halogens is 1. The maximum atomic E-state index is 6.01. The van der Waals surface area contributed by atoms with Crippen LogP contribution in [0.5, 0.6) is 0 Å². The molecule has 1 saturated heterocycles. The number of hydrogen-bond acceptors (Lipinski definition) is 2. The number of alkyl halides is 1. The van der Waals surface area contributed by atoms with Crippen molar-refractivity contribution in [1.82, 2.24) is 0 Å². The molecule has 0 radical (unpaired) electrons. The van der Waals surface area contributed by atoms with Crippen molar-refractivity contribution in [3.05, 3.63) is 29.3 Å². The van der Waals surface area contributed by atoms with Crippen molar-refractivity contribution in [3.63, 3.8) is 0 Å². The van der Waals surface area contributed by atoms with E-state index in [4.69, 9.17) is 16.3 Å².